The van der Waals surface area contributed by atoms with Crippen molar-refractivity contribution < 1.29 is 25.3 Å². The highest BCUT2D eigenvalue weighted by atomic mass is 32.2. The van der Waals surface area contributed by atoms with E-state index < -0.39 is 30.1 Å². The Morgan fingerprint density at radius 3 is 1.16 bits per heavy atom. The smallest absolute Gasteiger partial charge is 0.207 e. The predicted molar refractivity (Wildman–Crippen MR) is 196 cm³/mol. The minimum Gasteiger partial charge on any atom is -0.207 e. The van der Waals surface area contributed by atoms with Crippen LogP contribution < -0.4 is 0 Å². The molecule has 2 heterocycles. The van der Waals surface area contributed by atoms with Crippen molar-refractivity contribution in [2.24, 2.45) is 0 Å². The van der Waals surface area contributed by atoms with E-state index in [-0.39, 0.29) is 54.0 Å². The summed E-state index contributed by atoms with van der Waals surface area (Å²) >= 11 is 0. The van der Waals surface area contributed by atoms with Crippen molar-refractivity contribution in [2.45, 2.75) is 74.7 Å². The largest absolute Gasteiger partial charge is 0.243 e. The molecule has 0 unspecified atom stereocenters. The van der Waals surface area contributed by atoms with Crippen molar-refractivity contribution in [1.82, 2.24) is 12.9 Å². The van der Waals surface area contributed by atoms with Gasteiger partial charge < -0.3 is 0 Å². The highest BCUT2D eigenvalue weighted by Gasteiger charge is 2.33. The molecule has 264 valence electrons. The molecule has 0 fully saturated rings. The Hall–Kier alpha value is -4.17. The van der Waals surface area contributed by atoms with Crippen LogP contribution in [0.4, 0.5) is 0 Å². The van der Waals surface area contributed by atoms with Gasteiger partial charge in [0, 0.05) is 39.3 Å². The number of benzene rings is 5. The third-order valence-electron chi connectivity index (χ3n) is 9.62. The van der Waals surface area contributed by atoms with Gasteiger partial charge in [-0.3, -0.25) is 0 Å². The molecule has 2 aliphatic rings. The zero-order chi connectivity index (χ0) is 36.1. The van der Waals surface area contributed by atoms with Crippen LogP contribution in [-0.4, -0.2) is 38.2 Å². The fourth-order valence-electron chi connectivity index (χ4n) is 6.58. The second-order valence-electron chi connectivity index (χ2n) is 13.5. The average molecular weight is 742 g/mol. The molecule has 0 spiro atoms. The minimum atomic E-state index is -3.97. The van der Waals surface area contributed by atoms with E-state index in [0.717, 1.165) is 50.1 Å². The molecule has 0 N–H and O–H groups in total. The number of hydrogen-bond acceptors (Lipinski definition) is 6. The summed E-state index contributed by atoms with van der Waals surface area (Å²) in [6, 6.07) is 31.6. The summed E-state index contributed by atoms with van der Waals surface area (Å²) in [5.74, 6) is 0. The second-order valence-corrected chi connectivity index (χ2v) is 19.3. The van der Waals surface area contributed by atoms with Gasteiger partial charge in [0.25, 0.3) is 0 Å². The summed E-state index contributed by atoms with van der Waals surface area (Å²) < 4.78 is 86.4. The van der Waals surface area contributed by atoms with E-state index in [1.807, 2.05) is 57.2 Å². The van der Waals surface area contributed by atoms with Gasteiger partial charge in [-0.25, -0.2) is 25.3 Å². The predicted octanol–water partition coefficient (Wildman–Crippen LogP) is 6.41. The Kier molecular flexibility index (Phi) is 9.28. The van der Waals surface area contributed by atoms with E-state index in [4.69, 9.17) is 0 Å². The van der Waals surface area contributed by atoms with Crippen LogP contribution in [0, 0.1) is 20.8 Å². The van der Waals surface area contributed by atoms with Crippen molar-refractivity contribution in [3.05, 3.63) is 159 Å². The molecule has 0 aromatic heterocycles. The Labute approximate surface area is 300 Å². The van der Waals surface area contributed by atoms with Crippen molar-refractivity contribution in [1.29, 1.82) is 0 Å². The monoisotopic (exact) mass is 741 g/mol. The number of hydrogen-bond donors (Lipinski definition) is 0. The van der Waals surface area contributed by atoms with E-state index in [0.29, 0.717) is 0 Å². The summed E-state index contributed by atoms with van der Waals surface area (Å²) in [6.07, 6.45) is 0. The van der Waals surface area contributed by atoms with Crippen LogP contribution in [0.3, 0.4) is 0 Å². The fraction of sp³-hybridized carbons (Fsp3) is 0.231. The molecule has 2 aliphatic heterocycles. The molecule has 0 bridgehead atoms. The first-order valence-electron chi connectivity index (χ1n) is 16.6. The molecule has 0 amide bonds. The summed E-state index contributed by atoms with van der Waals surface area (Å²) in [7, 11) is -11.4. The SMILES string of the molecule is Cc1ccc(S(=O)(=O)N(Cc2ccc3c(c2)CN(S(=O)(=O)c2ccc(C)cc2)C3)Cc2ccc3c(c2)CN(S(=O)(=O)c2ccc(C)cc2)C3)cc1. The number of sulfonamides is 3. The molecule has 5 aromatic rings. The maximum atomic E-state index is 14.2. The molecule has 9 nitrogen and oxygen atoms in total. The molecule has 51 heavy (non-hydrogen) atoms. The van der Waals surface area contributed by atoms with Crippen LogP contribution in [0.25, 0.3) is 0 Å². The maximum absolute atomic E-state index is 14.2. The molecule has 0 saturated heterocycles. The molecular formula is C39H39N3O6S3. The van der Waals surface area contributed by atoms with Crippen LogP contribution in [0.2, 0.25) is 0 Å². The van der Waals surface area contributed by atoms with Gasteiger partial charge in [-0.15, -0.1) is 0 Å². The normalized spacial score (nSPS) is 15.3. The molecular weight excluding hydrogens is 703 g/mol. The lowest BCUT2D eigenvalue weighted by molar-refractivity contribution is 0.400. The Morgan fingerprint density at radius 1 is 0.451 bits per heavy atom. The molecule has 0 radical (unpaired) electrons. The van der Waals surface area contributed by atoms with Gasteiger partial charge in [-0.05, 0) is 90.6 Å². The lowest BCUT2D eigenvalue weighted by atomic mass is 10.1. The lowest BCUT2D eigenvalue weighted by Crippen LogP contribution is -2.30. The molecule has 0 atom stereocenters. The molecule has 5 aromatic carbocycles. The molecule has 0 aliphatic carbocycles. The highest BCUT2D eigenvalue weighted by molar-refractivity contribution is 7.89. The maximum Gasteiger partial charge on any atom is 0.243 e. The van der Waals surface area contributed by atoms with E-state index >= 15 is 0 Å². The Balaban J connectivity index is 1.15. The minimum absolute atomic E-state index is 0.0548. The lowest BCUT2D eigenvalue weighted by Gasteiger charge is -2.23. The zero-order valence-corrected chi connectivity index (χ0v) is 31.1. The third kappa shape index (κ3) is 7.04. The van der Waals surface area contributed by atoms with E-state index in [1.54, 1.807) is 72.8 Å². The third-order valence-corrected chi connectivity index (χ3v) is 15.0. The summed E-state index contributed by atoms with van der Waals surface area (Å²) in [5.41, 5.74) is 7.78. The number of rotatable bonds is 10. The fourth-order valence-corrected chi connectivity index (χ4v) is 10.8. The highest BCUT2D eigenvalue weighted by Crippen LogP contribution is 2.33. The summed E-state index contributed by atoms with van der Waals surface area (Å²) in [4.78, 5) is 0.643. The van der Waals surface area contributed by atoms with E-state index in [1.165, 1.54) is 12.9 Å². The van der Waals surface area contributed by atoms with Gasteiger partial charge in [0.05, 0.1) is 14.7 Å². The molecule has 7 rings (SSSR count). The van der Waals surface area contributed by atoms with E-state index in [2.05, 4.69) is 0 Å². The van der Waals surface area contributed by atoms with Crippen LogP contribution >= 0.6 is 0 Å². The molecule has 12 heteroatoms. The zero-order valence-electron chi connectivity index (χ0n) is 28.7. The quantitative estimate of drug-likeness (QED) is 0.164. The van der Waals surface area contributed by atoms with Gasteiger partial charge >= 0.3 is 0 Å². The second kappa shape index (κ2) is 13.4. The first-order chi connectivity index (χ1) is 24.2. The summed E-state index contributed by atoms with van der Waals surface area (Å²) in [6.45, 7) is 6.68. The Bertz CT molecular complexity index is 2310. The van der Waals surface area contributed by atoms with Crippen molar-refractivity contribution in [3.8, 4) is 0 Å². The van der Waals surface area contributed by atoms with Gasteiger partial charge in [0.2, 0.25) is 30.1 Å². The topological polar surface area (TPSA) is 112 Å². The number of nitrogens with zero attached hydrogens (tertiary/aromatic N) is 3. The van der Waals surface area contributed by atoms with Crippen molar-refractivity contribution in [2.75, 3.05) is 0 Å². The first kappa shape index (κ1) is 35.2. The average Bonchev–Trinajstić information content (AvgIpc) is 3.74. The number of fused-ring (bicyclic) bond motifs is 2. The standard InChI is InChI=1S/C39H39N3O6S3/c1-28-4-14-37(15-5-28)49(43,44)40(22-31-10-12-33-24-41(26-35(33)20-31)50(45,46)38-16-6-29(2)7-17-38)23-32-11-13-34-25-42(27-36(34)21-32)51(47,48)39-18-8-30(3)9-19-39/h4-21H,22-27H2,1-3H3. The van der Waals surface area contributed by atoms with Gasteiger partial charge in [0.1, 0.15) is 0 Å². The van der Waals surface area contributed by atoms with Crippen molar-refractivity contribution in [3.63, 3.8) is 0 Å². The van der Waals surface area contributed by atoms with Gasteiger partial charge in [-0.2, -0.15) is 12.9 Å². The first-order valence-corrected chi connectivity index (χ1v) is 20.9. The van der Waals surface area contributed by atoms with Crippen LogP contribution in [-0.2, 0) is 69.3 Å². The Morgan fingerprint density at radius 2 is 0.784 bits per heavy atom. The van der Waals surface area contributed by atoms with E-state index in [9.17, 15) is 25.3 Å². The van der Waals surface area contributed by atoms with Crippen LogP contribution in [0.1, 0.15) is 50.1 Å². The van der Waals surface area contributed by atoms with Crippen molar-refractivity contribution >= 4 is 30.1 Å². The van der Waals surface area contributed by atoms with Gasteiger partial charge in [-0.1, -0.05) is 89.5 Å². The number of aryl methyl sites for hydroxylation is 3. The summed E-state index contributed by atoms with van der Waals surface area (Å²) in [5, 5.41) is 0. The van der Waals surface area contributed by atoms with Crippen LogP contribution in [0.15, 0.2) is 124 Å². The van der Waals surface area contributed by atoms with Crippen LogP contribution in [0.5, 0.6) is 0 Å². The van der Waals surface area contributed by atoms with Gasteiger partial charge in [0.15, 0.2) is 0 Å². The molecule has 0 saturated carbocycles.